The maximum atomic E-state index is 10.7. The molecule has 1 N–H and O–H groups in total. The minimum atomic E-state index is -0.0544. The maximum absolute atomic E-state index is 10.7. The average molecular weight is 597 g/mol. The van der Waals surface area contributed by atoms with E-state index in [1.54, 1.807) is 17.4 Å². The summed E-state index contributed by atoms with van der Waals surface area (Å²) in [4.78, 5) is 9.91. The van der Waals surface area contributed by atoms with Crippen molar-refractivity contribution in [3.05, 3.63) is 114 Å². The Bertz CT molecular complexity index is 1940. The number of benzene rings is 4. The molecule has 0 aliphatic heterocycles. The number of aromatic hydroxyl groups is 1. The molecule has 3 nitrogen and oxygen atoms in total. The highest BCUT2D eigenvalue weighted by Gasteiger charge is 2.21. The monoisotopic (exact) mass is 596 g/mol. The van der Waals surface area contributed by atoms with Gasteiger partial charge in [-0.05, 0) is 105 Å². The van der Waals surface area contributed by atoms with Gasteiger partial charge in [0, 0.05) is 17.3 Å². The van der Waals surface area contributed by atoms with Gasteiger partial charge in [-0.3, -0.25) is 4.98 Å². The number of rotatable bonds is 6. The number of phenols is 1. The Morgan fingerprint density at radius 2 is 1.30 bits per heavy atom. The molecule has 44 heavy (non-hydrogen) atoms. The van der Waals surface area contributed by atoms with Crippen molar-refractivity contribution in [3.63, 3.8) is 0 Å². The highest BCUT2D eigenvalue weighted by atomic mass is 32.1. The van der Waals surface area contributed by atoms with E-state index in [-0.39, 0.29) is 11.2 Å². The largest absolute Gasteiger partial charge is 0.507 e. The zero-order valence-electron chi connectivity index (χ0n) is 26.6. The lowest BCUT2D eigenvalue weighted by Gasteiger charge is -2.21. The van der Waals surface area contributed by atoms with E-state index in [4.69, 9.17) is 9.97 Å². The number of fused-ring (bicyclic) bond motifs is 1. The van der Waals surface area contributed by atoms with Crippen LogP contribution in [0.1, 0.15) is 77.0 Å². The molecule has 6 rings (SSSR count). The molecule has 0 saturated heterocycles. The predicted octanol–water partition coefficient (Wildman–Crippen LogP) is 11.6. The third-order valence-corrected chi connectivity index (χ3v) is 9.38. The highest BCUT2D eigenvalue weighted by Crippen LogP contribution is 2.43. The van der Waals surface area contributed by atoms with Crippen LogP contribution in [0.3, 0.4) is 0 Å². The number of hydrogen-bond donors (Lipinski definition) is 1. The molecule has 2 aromatic heterocycles. The Hall–Kier alpha value is -4.28. The van der Waals surface area contributed by atoms with Crippen molar-refractivity contribution in [2.45, 2.75) is 65.7 Å². The third-order valence-electron chi connectivity index (χ3n) is 8.34. The van der Waals surface area contributed by atoms with Crippen LogP contribution in [0.15, 0.2) is 97.2 Å². The Morgan fingerprint density at radius 1 is 0.659 bits per heavy atom. The average Bonchev–Trinajstić information content (AvgIpc) is 3.44. The first-order valence-corrected chi connectivity index (χ1v) is 16.2. The van der Waals surface area contributed by atoms with Crippen LogP contribution >= 0.6 is 11.3 Å². The topological polar surface area (TPSA) is 46.0 Å². The van der Waals surface area contributed by atoms with E-state index in [0.29, 0.717) is 11.8 Å². The van der Waals surface area contributed by atoms with Crippen LogP contribution in [-0.2, 0) is 5.41 Å². The molecule has 0 atom stereocenters. The van der Waals surface area contributed by atoms with Crippen molar-refractivity contribution in [3.8, 4) is 49.8 Å². The second-order valence-electron chi connectivity index (χ2n) is 13.4. The van der Waals surface area contributed by atoms with Gasteiger partial charge in [0.25, 0.3) is 0 Å². The van der Waals surface area contributed by atoms with Crippen LogP contribution in [0.5, 0.6) is 5.75 Å². The smallest absolute Gasteiger partial charge is 0.128 e. The molecule has 4 heteroatoms. The summed E-state index contributed by atoms with van der Waals surface area (Å²) >= 11 is 1.63. The van der Waals surface area contributed by atoms with Crippen molar-refractivity contribution < 1.29 is 5.11 Å². The summed E-state index contributed by atoms with van der Waals surface area (Å²) in [5.41, 5.74) is 12.2. The number of nitrogens with zero attached hydrogens (tertiary/aromatic N) is 2. The fourth-order valence-electron chi connectivity index (χ4n) is 5.59. The molecule has 4 aromatic carbocycles. The van der Waals surface area contributed by atoms with Crippen molar-refractivity contribution in [1.82, 2.24) is 9.97 Å². The van der Waals surface area contributed by atoms with Gasteiger partial charge in [0.1, 0.15) is 10.8 Å². The summed E-state index contributed by atoms with van der Waals surface area (Å²) in [6, 6.07) is 32.0. The standard InChI is InChI=1S/C40H40N2OS/c1-24(2)26-16-27(25(3)4)18-28(17-26)29-19-30(21-31(20-29)35-13-10-11-15-41-35)34-22-32(40(5,6)7)23-37-38(34)42-39(44-37)33-12-8-9-14-36(33)43/h8-25,43H,1-7H3. The molecule has 0 saturated carbocycles. The highest BCUT2D eigenvalue weighted by molar-refractivity contribution is 7.21. The first-order valence-electron chi connectivity index (χ1n) is 15.4. The van der Waals surface area contributed by atoms with Crippen LogP contribution in [0, 0.1) is 0 Å². The summed E-state index contributed by atoms with van der Waals surface area (Å²) in [7, 11) is 0. The van der Waals surface area contributed by atoms with Gasteiger partial charge in [-0.2, -0.15) is 0 Å². The van der Waals surface area contributed by atoms with Gasteiger partial charge < -0.3 is 5.11 Å². The van der Waals surface area contributed by atoms with E-state index in [0.717, 1.165) is 48.7 Å². The Morgan fingerprint density at radius 3 is 1.93 bits per heavy atom. The second kappa shape index (κ2) is 11.7. The van der Waals surface area contributed by atoms with Gasteiger partial charge >= 0.3 is 0 Å². The predicted molar refractivity (Wildman–Crippen MR) is 188 cm³/mol. The molecule has 0 radical (unpaired) electrons. The van der Waals surface area contributed by atoms with Crippen molar-refractivity contribution in [1.29, 1.82) is 0 Å². The third kappa shape index (κ3) is 5.92. The van der Waals surface area contributed by atoms with Crippen LogP contribution in [-0.4, -0.2) is 15.1 Å². The first-order chi connectivity index (χ1) is 21.0. The normalized spacial score (nSPS) is 12.0. The molecule has 0 fully saturated rings. The van der Waals surface area contributed by atoms with Gasteiger partial charge in [0.15, 0.2) is 0 Å². The fraction of sp³-hybridized carbons (Fsp3) is 0.250. The van der Waals surface area contributed by atoms with Crippen molar-refractivity contribution >= 4 is 21.6 Å². The van der Waals surface area contributed by atoms with Crippen LogP contribution in [0.4, 0.5) is 0 Å². The minimum Gasteiger partial charge on any atom is -0.507 e. The Kier molecular flexibility index (Phi) is 7.89. The van der Waals surface area contributed by atoms with E-state index < -0.39 is 0 Å². The molecular formula is C40H40N2OS. The second-order valence-corrected chi connectivity index (χ2v) is 14.4. The first kappa shape index (κ1) is 29.8. The van der Waals surface area contributed by atoms with Crippen LogP contribution < -0.4 is 0 Å². The minimum absolute atomic E-state index is 0.0544. The van der Waals surface area contributed by atoms with E-state index in [1.165, 1.54) is 22.3 Å². The molecule has 222 valence electrons. The fourth-order valence-corrected chi connectivity index (χ4v) is 6.66. The zero-order chi connectivity index (χ0) is 31.2. The SMILES string of the molecule is CC(C)c1cc(-c2cc(-c3ccccn3)cc(-c3cc(C(C)(C)C)cc4sc(-c5ccccc5O)nc34)c2)cc(C(C)C)c1. The lowest BCUT2D eigenvalue weighted by molar-refractivity contribution is 0.477. The molecule has 0 unspecified atom stereocenters. The number of aromatic nitrogens is 2. The molecule has 6 aromatic rings. The van der Waals surface area contributed by atoms with Gasteiger partial charge in [0.05, 0.1) is 21.5 Å². The summed E-state index contributed by atoms with van der Waals surface area (Å²) in [6.45, 7) is 15.8. The van der Waals surface area contributed by atoms with Crippen molar-refractivity contribution in [2.75, 3.05) is 0 Å². The van der Waals surface area contributed by atoms with E-state index in [9.17, 15) is 5.11 Å². The summed E-state index contributed by atoms with van der Waals surface area (Å²) in [5.74, 6) is 1.10. The Labute approximate surface area is 265 Å². The quantitative estimate of drug-likeness (QED) is 0.208. The molecule has 0 aliphatic carbocycles. The molecule has 0 amide bonds. The molecular weight excluding hydrogens is 557 g/mol. The molecule has 0 spiro atoms. The lowest BCUT2D eigenvalue weighted by atomic mass is 9.84. The number of hydrogen-bond acceptors (Lipinski definition) is 4. The van der Waals surface area contributed by atoms with Crippen LogP contribution in [0.2, 0.25) is 0 Å². The number of pyridine rings is 1. The van der Waals surface area contributed by atoms with Gasteiger partial charge in [-0.15, -0.1) is 11.3 Å². The summed E-state index contributed by atoms with van der Waals surface area (Å²) in [5, 5.41) is 11.5. The van der Waals surface area contributed by atoms with Crippen LogP contribution in [0.25, 0.3) is 54.3 Å². The number of thiazole rings is 1. The van der Waals surface area contributed by atoms with E-state index in [1.807, 2.05) is 36.5 Å². The van der Waals surface area contributed by atoms with Gasteiger partial charge in [0.2, 0.25) is 0 Å². The van der Waals surface area contributed by atoms with Gasteiger partial charge in [-0.25, -0.2) is 4.98 Å². The number of phenolic OH excluding ortho intramolecular Hbond substituents is 1. The molecule has 0 aliphatic rings. The van der Waals surface area contributed by atoms with E-state index in [2.05, 4.69) is 103 Å². The lowest BCUT2D eigenvalue weighted by Crippen LogP contribution is -2.11. The Balaban J connectivity index is 1.65. The van der Waals surface area contributed by atoms with E-state index >= 15 is 0 Å². The van der Waals surface area contributed by atoms with Crippen molar-refractivity contribution in [2.24, 2.45) is 0 Å². The zero-order valence-corrected chi connectivity index (χ0v) is 27.5. The number of para-hydroxylation sites is 1. The summed E-state index contributed by atoms with van der Waals surface area (Å²) in [6.07, 6.45) is 1.86. The summed E-state index contributed by atoms with van der Waals surface area (Å²) < 4.78 is 1.11. The molecule has 2 heterocycles. The van der Waals surface area contributed by atoms with Gasteiger partial charge in [-0.1, -0.05) is 84.9 Å². The molecule has 0 bridgehead atoms. The maximum Gasteiger partial charge on any atom is 0.128 e.